The minimum atomic E-state index is -0.735. The Hall–Kier alpha value is -1.59. The fourth-order valence-corrected chi connectivity index (χ4v) is 3.94. The highest BCUT2D eigenvalue weighted by atomic mass is 16.5. The van der Waals surface area contributed by atoms with Gasteiger partial charge in [-0.2, -0.15) is 0 Å². The van der Waals surface area contributed by atoms with Crippen LogP contribution in [-0.4, -0.2) is 49.8 Å². The largest absolute Gasteiger partial charge is 0.494 e. The minimum Gasteiger partial charge on any atom is -0.494 e. The Kier molecular flexibility index (Phi) is 6.77. The van der Waals surface area contributed by atoms with Crippen molar-refractivity contribution in [2.24, 2.45) is 11.8 Å². The Morgan fingerprint density at radius 2 is 2.00 bits per heavy atom. The van der Waals surface area contributed by atoms with Gasteiger partial charge in [0.15, 0.2) is 0 Å². The third-order valence-corrected chi connectivity index (χ3v) is 5.97. The second-order valence-corrected chi connectivity index (χ2v) is 8.31. The second kappa shape index (κ2) is 9.07. The van der Waals surface area contributed by atoms with E-state index in [1.54, 1.807) is 7.11 Å². The highest BCUT2D eigenvalue weighted by Crippen LogP contribution is 2.42. The number of piperidine rings is 1. The van der Waals surface area contributed by atoms with E-state index >= 15 is 0 Å². The summed E-state index contributed by atoms with van der Waals surface area (Å²) in [6.07, 6.45) is 5.83. The summed E-state index contributed by atoms with van der Waals surface area (Å²) in [5.74, 6) is 1.92. The Labute approximate surface area is 163 Å². The maximum Gasteiger partial charge on any atom is 0.256 e. The first-order chi connectivity index (χ1) is 13.0. The van der Waals surface area contributed by atoms with E-state index in [4.69, 9.17) is 9.47 Å². The van der Waals surface area contributed by atoms with Gasteiger partial charge in [-0.1, -0.05) is 6.92 Å². The van der Waals surface area contributed by atoms with Gasteiger partial charge in [0.25, 0.3) is 5.91 Å². The molecule has 1 N–H and O–H groups in total. The molecule has 0 bridgehead atoms. The van der Waals surface area contributed by atoms with Gasteiger partial charge in [0.1, 0.15) is 11.4 Å². The first-order valence-electron chi connectivity index (χ1n) is 10.3. The summed E-state index contributed by atoms with van der Waals surface area (Å²) in [4.78, 5) is 15.1. The summed E-state index contributed by atoms with van der Waals surface area (Å²) in [6, 6.07) is 7.62. The molecule has 27 heavy (non-hydrogen) atoms. The van der Waals surface area contributed by atoms with Crippen molar-refractivity contribution in [2.45, 2.75) is 51.6 Å². The van der Waals surface area contributed by atoms with Crippen molar-refractivity contribution >= 4 is 11.6 Å². The van der Waals surface area contributed by atoms with Gasteiger partial charge in [-0.05, 0) is 81.7 Å². The highest BCUT2D eigenvalue weighted by Gasteiger charge is 2.47. The van der Waals surface area contributed by atoms with E-state index in [2.05, 4.69) is 17.1 Å². The van der Waals surface area contributed by atoms with Gasteiger partial charge in [-0.3, -0.25) is 4.79 Å². The van der Waals surface area contributed by atoms with Crippen LogP contribution in [0, 0.1) is 11.8 Å². The molecule has 1 aromatic rings. The van der Waals surface area contributed by atoms with Crippen LogP contribution in [0.5, 0.6) is 5.75 Å². The standard InChI is InChI=1S/C22H34N2O3/c1-17-6-4-13-24(16-17)14-5-15-27-20-11-9-19(10-12-20)23-21(25)22(2,26-3)18-7-8-18/h9-12,17-18H,4-8,13-16H2,1-3H3,(H,23,25)/t17-,22-/m0/s1. The normalized spacial score (nSPS) is 22.9. The van der Waals surface area contributed by atoms with Crippen LogP contribution in [0.2, 0.25) is 0 Å². The van der Waals surface area contributed by atoms with Gasteiger partial charge in [-0.15, -0.1) is 0 Å². The molecule has 5 heteroatoms. The Morgan fingerprint density at radius 3 is 2.63 bits per heavy atom. The molecular formula is C22H34N2O3. The lowest BCUT2D eigenvalue weighted by Gasteiger charge is -2.30. The zero-order chi connectivity index (χ0) is 19.3. The van der Waals surface area contributed by atoms with Crippen molar-refractivity contribution in [3.05, 3.63) is 24.3 Å². The van der Waals surface area contributed by atoms with E-state index in [1.165, 1.54) is 25.9 Å². The van der Waals surface area contributed by atoms with Gasteiger partial charge in [-0.25, -0.2) is 0 Å². The van der Waals surface area contributed by atoms with E-state index in [9.17, 15) is 4.79 Å². The molecule has 150 valence electrons. The molecule has 2 fully saturated rings. The molecule has 1 aliphatic carbocycles. The van der Waals surface area contributed by atoms with Crippen molar-refractivity contribution in [1.29, 1.82) is 0 Å². The summed E-state index contributed by atoms with van der Waals surface area (Å²) in [5, 5.41) is 2.97. The Balaban J connectivity index is 1.40. The average molecular weight is 375 g/mol. The number of ether oxygens (including phenoxy) is 2. The number of anilines is 1. The molecule has 5 nitrogen and oxygen atoms in total. The zero-order valence-corrected chi connectivity index (χ0v) is 17.0. The Bertz CT molecular complexity index is 614. The quantitative estimate of drug-likeness (QED) is 0.665. The molecule has 1 saturated carbocycles. The molecule has 2 aliphatic rings. The molecule has 0 spiro atoms. The lowest BCUT2D eigenvalue weighted by atomic mass is 9.99. The van der Waals surface area contributed by atoms with E-state index in [0.29, 0.717) is 5.92 Å². The topological polar surface area (TPSA) is 50.8 Å². The molecule has 3 rings (SSSR count). The van der Waals surface area contributed by atoms with Crippen LogP contribution in [-0.2, 0) is 9.53 Å². The van der Waals surface area contributed by atoms with Gasteiger partial charge in [0, 0.05) is 25.9 Å². The van der Waals surface area contributed by atoms with Gasteiger partial charge >= 0.3 is 0 Å². The molecule has 1 amide bonds. The Morgan fingerprint density at radius 1 is 1.26 bits per heavy atom. The SMILES string of the molecule is CO[C@](C)(C(=O)Nc1ccc(OCCCN2CCC[C@H](C)C2)cc1)C1CC1. The molecule has 0 unspecified atom stereocenters. The number of hydrogen-bond acceptors (Lipinski definition) is 4. The molecule has 2 atom stereocenters. The molecule has 0 radical (unpaired) electrons. The highest BCUT2D eigenvalue weighted by molar-refractivity contribution is 5.97. The summed E-state index contributed by atoms with van der Waals surface area (Å²) >= 11 is 0. The third-order valence-electron chi connectivity index (χ3n) is 5.97. The lowest BCUT2D eigenvalue weighted by Crippen LogP contribution is -2.44. The fourth-order valence-electron chi connectivity index (χ4n) is 3.94. The minimum absolute atomic E-state index is 0.0723. The number of hydrogen-bond donors (Lipinski definition) is 1. The molecule has 0 aromatic heterocycles. The zero-order valence-electron chi connectivity index (χ0n) is 17.0. The summed E-state index contributed by atoms with van der Waals surface area (Å²) < 4.78 is 11.4. The fraction of sp³-hybridized carbons (Fsp3) is 0.682. The van der Waals surface area contributed by atoms with E-state index < -0.39 is 5.60 Å². The molecule has 1 saturated heterocycles. The van der Waals surface area contributed by atoms with Crippen LogP contribution in [0.3, 0.4) is 0 Å². The van der Waals surface area contributed by atoms with Crippen LogP contribution in [0.25, 0.3) is 0 Å². The number of rotatable bonds is 9. The number of benzene rings is 1. The number of nitrogens with zero attached hydrogens (tertiary/aromatic N) is 1. The molecular weight excluding hydrogens is 340 g/mol. The van der Waals surface area contributed by atoms with E-state index in [1.807, 2.05) is 31.2 Å². The number of methoxy groups -OCH3 is 1. The number of nitrogens with one attached hydrogen (secondary N) is 1. The monoisotopic (exact) mass is 374 g/mol. The van der Waals surface area contributed by atoms with Gasteiger partial charge < -0.3 is 19.7 Å². The number of carbonyl (C=O) groups is 1. The van der Waals surface area contributed by atoms with E-state index in [0.717, 1.165) is 49.8 Å². The van der Waals surface area contributed by atoms with Crippen LogP contribution >= 0.6 is 0 Å². The predicted molar refractivity (Wildman–Crippen MR) is 108 cm³/mol. The number of likely N-dealkylation sites (tertiary alicyclic amines) is 1. The van der Waals surface area contributed by atoms with Crippen molar-refractivity contribution in [1.82, 2.24) is 4.90 Å². The van der Waals surface area contributed by atoms with Crippen LogP contribution in [0.4, 0.5) is 5.69 Å². The molecule has 1 aliphatic heterocycles. The smallest absolute Gasteiger partial charge is 0.256 e. The molecule has 1 heterocycles. The lowest BCUT2D eigenvalue weighted by molar-refractivity contribution is -0.138. The van der Waals surface area contributed by atoms with Crippen LogP contribution in [0.1, 0.15) is 46.0 Å². The van der Waals surface area contributed by atoms with Gasteiger partial charge in [0.2, 0.25) is 0 Å². The molecule has 1 aromatic carbocycles. The number of amides is 1. The predicted octanol–water partition coefficient (Wildman–Crippen LogP) is 3.94. The van der Waals surface area contributed by atoms with E-state index in [-0.39, 0.29) is 5.91 Å². The maximum absolute atomic E-state index is 12.5. The number of carbonyl (C=O) groups excluding carboxylic acids is 1. The van der Waals surface area contributed by atoms with Crippen molar-refractivity contribution in [2.75, 3.05) is 38.7 Å². The third kappa shape index (κ3) is 5.45. The average Bonchev–Trinajstić information content (AvgIpc) is 3.51. The van der Waals surface area contributed by atoms with Crippen molar-refractivity contribution in [3.63, 3.8) is 0 Å². The first-order valence-corrected chi connectivity index (χ1v) is 10.3. The maximum atomic E-state index is 12.5. The summed E-state index contributed by atoms with van der Waals surface area (Å²) in [5.41, 5.74) is 0.0415. The first kappa shape index (κ1) is 20.2. The van der Waals surface area contributed by atoms with Crippen LogP contribution in [0.15, 0.2) is 24.3 Å². The summed E-state index contributed by atoms with van der Waals surface area (Å²) in [6.45, 7) is 8.48. The second-order valence-electron chi connectivity index (χ2n) is 8.31. The van der Waals surface area contributed by atoms with Crippen molar-refractivity contribution in [3.8, 4) is 5.75 Å². The van der Waals surface area contributed by atoms with Crippen LogP contribution < -0.4 is 10.1 Å². The van der Waals surface area contributed by atoms with Gasteiger partial charge in [0.05, 0.1) is 6.61 Å². The summed E-state index contributed by atoms with van der Waals surface area (Å²) in [7, 11) is 1.61. The van der Waals surface area contributed by atoms with Crippen molar-refractivity contribution < 1.29 is 14.3 Å².